The molecule has 170 valence electrons. The number of phosphoric acid groups is 3. The number of phosphoric ester groups is 1. The smallest absolute Gasteiger partial charge is 0.390 e. The maximum absolute atomic E-state index is 11.9. The number of H-pyrrole nitrogens is 1. The summed E-state index contributed by atoms with van der Waals surface area (Å²) in [6.07, 6.45) is -2.67. The van der Waals surface area contributed by atoms with E-state index in [0.29, 0.717) is 0 Å². The molecule has 1 aromatic heterocycles. The quantitative estimate of drug-likeness (QED) is 0.137. The third-order valence-electron chi connectivity index (χ3n) is 3.48. The minimum absolute atomic E-state index is 0. The molecule has 1 fully saturated rings. The minimum atomic E-state index is -5.67. The molecule has 2 unspecified atom stereocenters. The third-order valence-corrected chi connectivity index (χ3v) is 7.28. The van der Waals surface area contributed by atoms with E-state index in [4.69, 9.17) is 19.4 Å². The Bertz CT molecular complexity index is 1030. The summed E-state index contributed by atoms with van der Waals surface area (Å²) in [6, 6.07) is 0. The summed E-state index contributed by atoms with van der Waals surface area (Å²) in [4.78, 5) is 60.6. The molecular formula is C10H17N2Na4O14P3. The maximum Gasteiger partial charge on any atom is 0.490 e. The van der Waals surface area contributed by atoms with E-state index in [1.807, 2.05) is 4.98 Å². The van der Waals surface area contributed by atoms with Gasteiger partial charge in [-0.2, -0.15) is 8.62 Å². The van der Waals surface area contributed by atoms with Crippen molar-refractivity contribution in [3.05, 3.63) is 32.6 Å². The van der Waals surface area contributed by atoms with E-state index in [1.165, 1.54) is 13.1 Å². The van der Waals surface area contributed by atoms with Crippen LogP contribution < -0.4 is 11.2 Å². The van der Waals surface area contributed by atoms with Crippen molar-refractivity contribution < 1.29 is 56.3 Å². The Hall–Kier alpha value is 3.01. The maximum atomic E-state index is 11.9. The monoisotopic (exact) mass is 574 g/mol. The first-order valence-electron chi connectivity index (χ1n) is 7.52. The molecule has 0 bridgehead atoms. The molecule has 16 nitrogen and oxygen atoms in total. The second kappa shape index (κ2) is 16.2. The fraction of sp³-hybridized carbons (Fsp3) is 0.600. The van der Waals surface area contributed by atoms with Gasteiger partial charge in [-0.1, -0.05) is 0 Å². The number of nitrogens with one attached hydrogen (secondary N) is 1. The Morgan fingerprint density at radius 3 is 2.12 bits per heavy atom. The van der Waals surface area contributed by atoms with Gasteiger partial charge >= 0.3 is 29.2 Å². The molecule has 33 heavy (non-hydrogen) atoms. The number of ether oxygens (including phenoxy) is 1. The topological polar surface area (TPSA) is 244 Å². The van der Waals surface area contributed by atoms with Crippen LogP contribution in [0.5, 0.6) is 0 Å². The standard InChI is InChI=1S/C10H17N2O14P3.4Na/c1-5-3-12(10(15)11-9(5)14)8-2-6(13)7(24-8)4-23-28(19,20)26-29(21,22)25-27(16,17)18;;;;/h3,6-8,13H,2,4H2,1H3,(H,19,20)(H,21,22)(H,11,14,15)(H2,16,17,18);;;;/t6-,7+,8+;;;;/m0..../s1. The molecule has 0 saturated carbocycles. The fourth-order valence-corrected chi connectivity index (χ4v) is 5.34. The summed E-state index contributed by atoms with van der Waals surface area (Å²) in [5, 5.41) is 9.98. The van der Waals surface area contributed by atoms with Crippen molar-refractivity contribution in [3.63, 3.8) is 0 Å². The van der Waals surface area contributed by atoms with Gasteiger partial charge in [-0.3, -0.25) is 18.9 Å². The summed E-state index contributed by atoms with van der Waals surface area (Å²) in [5.41, 5.74) is -1.26. The SMILES string of the molecule is Cc1cn([C@H]2C[C@H](O)[C@@H](COP(=O)(O)OP(=O)(O)OP(=O)(O)O)O2)c(=O)[nH]c1=O.[Na].[Na].[Na].[Na]. The number of aliphatic hydroxyl groups is 1. The molecular weight excluding hydrogens is 557 g/mol. The van der Waals surface area contributed by atoms with E-state index in [2.05, 4.69) is 13.1 Å². The first-order valence-corrected chi connectivity index (χ1v) is 12.0. The molecule has 4 radical (unpaired) electrons. The van der Waals surface area contributed by atoms with Crippen LogP contribution in [0.25, 0.3) is 0 Å². The number of rotatable bonds is 8. The molecule has 1 aromatic rings. The molecule has 1 saturated heterocycles. The second-order valence-corrected chi connectivity index (χ2v) is 10.2. The molecule has 0 amide bonds. The summed E-state index contributed by atoms with van der Waals surface area (Å²) >= 11 is 0. The summed E-state index contributed by atoms with van der Waals surface area (Å²) in [6.45, 7) is 0.547. The Morgan fingerprint density at radius 1 is 1.06 bits per heavy atom. The van der Waals surface area contributed by atoms with Gasteiger partial charge in [0.2, 0.25) is 0 Å². The first kappa shape index (κ1) is 40.5. The van der Waals surface area contributed by atoms with Gasteiger partial charge in [-0.15, -0.1) is 0 Å². The predicted octanol–water partition coefficient (Wildman–Crippen LogP) is -2.69. The third kappa shape index (κ3) is 13.6. The van der Waals surface area contributed by atoms with Gasteiger partial charge in [-0.25, -0.2) is 18.5 Å². The van der Waals surface area contributed by atoms with Crippen LogP contribution in [-0.2, 0) is 31.6 Å². The van der Waals surface area contributed by atoms with Crippen LogP contribution in [0.1, 0.15) is 18.2 Å². The van der Waals surface area contributed by atoms with Gasteiger partial charge in [0.25, 0.3) is 5.56 Å². The minimum Gasteiger partial charge on any atom is -0.390 e. The molecule has 6 N–H and O–H groups in total. The molecule has 0 spiro atoms. The van der Waals surface area contributed by atoms with E-state index in [9.17, 15) is 33.3 Å². The molecule has 23 heteroatoms. The van der Waals surface area contributed by atoms with E-state index in [-0.39, 0.29) is 130 Å². The number of aromatic amines is 1. The summed E-state index contributed by atoms with van der Waals surface area (Å²) in [7, 11) is -16.6. The Kier molecular flexibility index (Phi) is 19.9. The van der Waals surface area contributed by atoms with E-state index in [1.54, 1.807) is 0 Å². The number of hydrogen-bond donors (Lipinski definition) is 6. The molecule has 0 aromatic carbocycles. The van der Waals surface area contributed by atoms with Gasteiger partial charge in [-0.05, 0) is 6.92 Å². The van der Waals surface area contributed by atoms with Crippen molar-refractivity contribution in [3.8, 4) is 0 Å². The van der Waals surface area contributed by atoms with Crippen molar-refractivity contribution in [2.24, 2.45) is 0 Å². The summed E-state index contributed by atoms with van der Waals surface area (Å²) in [5.74, 6) is 0. The average Bonchev–Trinajstić information content (AvgIpc) is 2.86. The van der Waals surface area contributed by atoms with Crippen LogP contribution in [0.2, 0.25) is 0 Å². The zero-order valence-electron chi connectivity index (χ0n) is 18.4. The Labute approximate surface area is 274 Å². The van der Waals surface area contributed by atoms with Gasteiger partial charge in [0.05, 0.1) is 12.7 Å². The van der Waals surface area contributed by atoms with Crippen LogP contribution in [0.4, 0.5) is 0 Å². The molecule has 2 heterocycles. The zero-order chi connectivity index (χ0) is 22.2. The number of aryl methyl sites for hydroxylation is 1. The number of nitrogens with zero attached hydrogens (tertiary/aromatic N) is 1. The van der Waals surface area contributed by atoms with Crippen molar-refractivity contribution >= 4 is 142 Å². The first-order chi connectivity index (χ1) is 13.1. The zero-order valence-corrected chi connectivity index (χ0v) is 29.1. The van der Waals surface area contributed by atoms with Gasteiger partial charge in [0.15, 0.2) is 0 Å². The summed E-state index contributed by atoms with van der Waals surface area (Å²) < 4.78 is 51.3. The van der Waals surface area contributed by atoms with Crippen molar-refractivity contribution in [2.45, 2.75) is 31.8 Å². The molecule has 5 atom stereocenters. The van der Waals surface area contributed by atoms with Crippen molar-refractivity contribution in [2.75, 3.05) is 6.61 Å². The van der Waals surface area contributed by atoms with Gasteiger partial charge in [0, 0.05) is 136 Å². The van der Waals surface area contributed by atoms with E-state index < -0.39 is 59.8 Å². The van der Waals surface area contributed by atoms with Gasteiger partial charge in [0.1, 0.15) is 12.3 Å². The Morgan fingerprint density at radius 2 is 1.61 bits per heavy atom. The predicted molar refractivity (Wildman–Crippen MR) is 113 cm³/mol. The molecule has 0 aliphatic carbocycles. The van der Waals surface area contributed by atoms with E-state index >= 15 is 0 Å². The second-order valence-electron chi connectivity index (χ2n) is 5.80. The number of aliphatic hydroxyl groups excluding tert-OH is 1. The molecule has 2 rings (SSSR count). The Balaban J connectivity index is -0.00000225. The van der Waals surface area contributed by atoms with Crippen LogP contribution in [0.3, 0.4) is 0 Å². The van der Waals surface area contributed by atoms with Crippen LogP contribution >= 0.6 is 23.5 Å². The van der Waals surface area contributed by atoms with Crippen LogP contribution in [-0.4, -0.2) is 171 Å². The number of hydrogen-bond acceptors (Lipinski definition) is 10. The van der Waals surface area contributed by atoms with Crippen molar-refractivity contribution in [1.29, 1.82) is 0 Å². The van der Waals surface area contributed by atoms with Gasteiger partial charge < -0.3 is 29.4 Å². The normalized spacial score (nSPS) is 23.5. The molecule has 1 aliphatic rings. The average molecular weight is 574 g/mol. The number of aromatic nitrogens is 2. The molecule has 1 aliphatic heterocycles. The van der Waals surface area contributed by atoms with Crippen LogP contribution in [0.15, 0.2) is 15.8 Å². The van der Waals surface area contributed by atoms with E-state index in [0.717, 1.165) is 4.57 Å². The van der Waals surface area contributed by atoms with Crippen LogP contribution in [0, 0.1) is 6.92 Å². The largest absolute Gasteiger partial charge is 0.490 e. The van der Waals surface area contributed by atoms with Crippen molar-refractivity contribution in [1.82, 2.24) is 9.55 Å². The fourth-order valence-electron chi connectivity index (χ4n) is 2.31.